The molecule has 4 atom stereocenters. The summed E-state index contributed by atoms with van der Waals surface area (Å²) in [5, 5.41) is 0.0732. The summed E-state index contributed by atoms with van der Waals surface area (Å²) < 4.78 is 36.3. The van der Waals surface area contributed by atoms with E-state index in [4.69, 9.17) is 27.7 Å². The molecular weight excluding hydrogens is 593 g/mol. The molecule has 1 saturated heterocycles. The van der Waals surface area contributed by atoms with E-state index in [1.54, 1.807) is 6.33 Å². The van der Waals surface area contributed by atoms with Crippen LogP contribution in [0, 0.1) is 0 Å². The van der Waals surface area contributed by atoms with E-state index in [9.17, 15) is 0 Å². The van der Waals surface area contributed by atoms with Crippen LogP contribution in [0.15, 0.2) is 12.7 Å². The molecule has 0 amide bonds. The van der Waals surface area contributed by atoms with Crippen LogP contribution >= 0.6 is 0 Å². The molecule has 43 heavy (non-hydrogen) atoms. The number of rotatable bonds is 10. The molecule has 0 unspecified atom stereocenters. The van der Waals surface area contributed by atoms with E-state index < -0.39 is 31.2 Å². The van der Waals surface area contributed by atoms with Crippen LogP contribution in [0.3, 0.4) is 0 Å². The van der Waals surface area contributed by atoms with Crippen molar-refractivity contribution in [1.82, 2.24) is 19.5 Å². The van der Waals surface area contributed by atoms with E-state index in [0.29, 0.717) is 23.7 Å². The van der Waals surface area contributed by atoms with E-state index in [1.807, 2.05) is 18.4 Å². The maximum Gasteiger partial charge on any atom is 0.245 e. The van der Waals surface area contributed by atoms with Gasteiger partial charge in [-0.25, -0.2) is 9.97 Å². The van der Waals surface area contributed by atoms with Gasteiger partial charge in [0, 0.05) is 0 Å². The molecule has 9 nitrogen and oxygen atoms in total. The smallest absolute Gasteiger partial charge is 0.245 e. The van der Waals surface area contributed by atoms with Gasteiger partial charge in [0.05, 0.1) is 19.0 Å². The van der Waals surface area contributed by atoms with Crippen LogP contribution in [0.1, 0.15) is 82.4 Å². The molecule has 0 bridgehead atoms. The van der Waals surface area contributed by atoms with Crippen molar-refractivity contribution in [3.8, 4) is 5.88 Å². The number of ether oxygens (including phenoxy) is 2. The maximum atomic E-state index is 7.29. The van der Waals surface area contributed by atoms with Gasteiger partial charge in [-0.1, -0.05) is 62.3 Å². The van der Waals surface area contributed by atoms with Crippen LogP contribution < -0.4 is 4.74 Å². The first kappa shape index (κ1) is 36.3. The first-order chi connectivity index (χ1) is 19.3. The Kier molecular flexibility index (Phi) is 10.3. The number of hydrogen-bond acceptors (Lipinski definition) is 8. The second-order valence-electron chi connectivity index (χ2n) is 17.0. The number of fused-ring (bicyclic) bond motifs is 1. The fraction of sp³-hybridized carbons (Fsp3) is 0.839. The molecule has 0 aromatic carbocycles. The highest BCUT2D eigenvalue weighted by atomic mass is 28.4. The zero-order valence-electron chi connectivity index (χ0n) is 30.1. The summed E-state index contributed by atoms with van der Waals surface area (Å²) in [7, 11) is -6.58. The zero-order valence-corrected chi connectivity index (χ0v) is 33.1. The Bertz CT molecular complexity index is 1240. The standard InChI is InChI=1S/C31H60N4O5Si3/c1-21(2)37-27-23-26(32-19-33-27)35(20-34-23)28-25(40-43(16,17)31(9,10)11)24(39-42(14,15)30(6,7)8)22(38-28)18-36-41(12,13)29(3,4)5/h19-22,24-25,28H,18H2,1-17H3/t22-,24-,25-,28-/m1/s1. The van der Waals surface area contributed by atoms with Gasteiger partial charge in [-0.2, -0.15) is 4.98 Å². The minimum atomic E-state index is -2.27. The summed E-state index contributed by atoms with van der Waals surface area (Å²) in [5.74, 6) is 0.463. The van der Waals surface area contributed by atoms with E-state index in [1.165, 1.54) is 6.33 Å². The maximum absolute atomic E-state index is 7.29. The second kappa shape index (κ2) is 12.2. The van der Waals surface area contributed by atoms with Crippen molar-refractivity contribution >= 4 is 36.1 Å². The Labute approximate surface area is 264 Å². The van der Waals surface area contributed by atoms with E-state index in [0.717, 1.165) is 0 Å². The van der Waals surface area contributed by atoms with Crippen LogP contribution in [-0.4, -0.2) is 75.5 Å². The van der Waals surface area contributed by atoms with Gasteiger partial charge in [-0.05, 0) is 68.2 Å². The third-order valence-corrected chi connectivity index (χ3v) is 23.6. The fourth-order valence-electron chi connectivity index (χ4n) is 4.20. The van der Waals surface area contributed by atoms with Crippen molar-refractivity contribution in [2.75, 3.05) is 6.61 Å². The predicted molar refractivity (Wildman–Crippen MR) is 182 cm³/mol. The van der Waals surface area contributed by atoms with Crippen LogP contribution in [0.25, 0.3) is 11.2 Å². The number of nitrogens with zero attached hydrogens (tertiary/aromatic N) is 4. The molecule has 3 heterocycles. The molecule has 0 spiro atoms. The van der Waals surface area contributed by atoms with E-state index >= 15 is 0 Å². The number of imidazole rings is 1. The highest BCUT2D eigenvalue weighted by molar-refractivity contribution is 6.75. The summed E-state index contributed by atoms with van der Waals surface area (Å²) >= 11 is 0. The monoisotopic (exact) mass is 652 g/mol. The normalized spacial score (nSPS) is 23.0. The van der Waals surface area contributed by atoms with Gasteiger partial charge >= 0.3 is 0 Å². The minimum absolute atomic E-state index is 0.00769. The first-order valence-corrected chi connectivity index (χ1v) is 24.5. The molecule has 2 aromatic rings. The lowest BCUT2D eigenvalue weighted by atomic mass is 10.1. The largest absolute Gasteiger partial charge is 0.473 e. The molecule has 0 aliphatic carbocycles. The van der Waals surface area contributed by atoms with Gasteiger partial charge in [-0.3, -0.25) is 4.57 Å². The topological polar surface area (TPSA) is 89.8 Å². The van der Waals surface area contributed by atoms with Crippen molar-refractivity contribution < 1.29 is 22.8 Å². The Morgan fingerprint density at radius 3 is 1.77 bits per heavy atom. The minimum Gasteiger partial charge on any atom is -0.473 e. The Morgan fingerprint density at radius 1 is 0.767 bits per heavy atom. The van der Waals surface area contributed by atoms with Crippen molar-refractivity contribution in [3.05, 3.63) is 12.7 Å². The lowest BCUT2D eigenvalue weighted by molar-refractivity contribution is -0.0470. The van der Waals surface area contributed by atoms with Gasteiger partial charge in [0.25, 0.3) is 0 Å². The molecule has 1 aliphatic heterocycles. The first-order valence-electron chi connectivity index (χ1n) is 15.8. The molecule has 12 heteroatoms. The number of hydrogen-bond donors (Lipinski definition) is 0. The van der Waals surface area contributed by atoms with E-state index in [2.05, 4.69) is 112 Å². The van der Waals surface area contributed by atoms with Gasteiger partial charge in [0.1, 0.15) is 24.6 Å². The van der Waals surface area contributed by atoms with Crippen molar-refractivity contribution in [2.24, 2.45) is 0 Å². The quantitative estimate of drug-likeness (QED) is 0.237. The highest BCUT2D eigenvalue weighted by Crippen LogP contribution is 2.47. The lowest BCUT2D eigenvalue weighted by Crippen LogP contribution is -2.54. The van der Waals surface area contributed by atoms with Crippen molar-refractivity contribution in [2.45, 2.75) is 161 Å². The predicted octanol–water partition coefficient (Wildman–Crippen LogP) is 8.31. The lowest BCUT2D eigenvalue weighted by Gasteiger charge is -2.44. The summed E-state index contributed by atoms with van der Waals surface area (Å²) in [6, 6.07) is 0. The SMILES string of the molecule is CC(C)Oc1ncnc2c1ncn2[C@@H]1O[C@H](CO[Si](C)(C)C(C)(C)C)[C@@H](O[Si](C)(C)C(C)(C)C)[C@H]1O[Si](C)(C)C(C)(C)C. The average molecular weight is 653 g/mol. The number of aromatic nitrogens is 4. The zero-order chi connectivity index (χ0) is 33.0. The molecule has 2 aromatic heterocycles. The molecule has 3 rings (SSSR count). The molecule has 1 fully saturated rings. The Hall–Kier alpha value is -1.16. The highest BCUT2D eigenvalue weighted by Gasteiger charge is 2.55. The van der Waals surface area contributed by atoms with Crippen LogP contribution in [-0.2, 0) is 18.0 Å². The van der Waals surface area contributed by atoms with E-state index in [-0.39, 0.29) is 39.5 Å². The summed E-state index contributed by atoms with van der Waals surface area (Å²) in [4.78, 5) is 13.7. The second-order valence-corrected chi connectivity index (χ2v) is 31.3. The van der Waals surface area contributed by atoms with Crippen molar-refractivity contribution in [1.29, 1.82) is 0 Å². The van der Waals surface area contributed by atoms with Crippen LogP contribution in [0.2, 0.25) is 54.4 Å². The molecule has 0 N–H and O–H groups in total. The third kappa shape index (κ3) is 7.81. The third-order valence-electron chi connectivity index (χ3n) is 10.1. The van der Waals surface area contributed by atoms with Gasteiger partial charge in [-0.15, -0.1) is 0 Å². The van der Waals surface area contributed by atoms with Gasteiger partial charge in [0.15, 0.2) is 42.3 Å². The molecule has 0 saturated carbocycles. The van der Waals surface area contributed by atoms with Crippen LogP contribution in [0.4, 0.5) is 0 Å². The summed E-state index contributed by atoms with van der Waals surface area (Å²) in [6.45, 7) is 38.5. The summed E-state index contributed by atoms with van der Waals surface area (Å²) in [5.41, 5.74) is 1.25. The Morgan fingerprint density at radius 2 is 1.28 bits per heavy atom. The van der Waals surface area contributed by atoms with Crippen LogP contribution in [0.5, 0.6) is 5.88 Å². The molecule has 1 aliphatic rings. The van der Waals surface area contributed by atoms with Crippen molar-refractivity contribution in [3.63, 3.8) is 0 Å². The summed E-state index contributed by atoms with van der Waals surface area (Å²) in [6.07, 6.45) is 1.72. The average Bonchev–Trinajstić information content (AvgIpc) is 3.37. The molecule has 0 radical (unpaired) electrons. The molecule has 246 valence electrons. The van der Waals surface area contributed by atoms with Gasteiger partial charge in [0.2, 0.25) is 5.88 Å². The Balaban J connectivity index is 2.17. The fourth-order valence-corrected chi connectivity index (χ4v) is 7.82. The molecular formula is C31H60N4O5Si3. The van der Waals surface area contributed by atoms with Gasteiger partial charge < -0.3 is 22.8 Å².